The van der Waals surface area contributed by atoms with Crippen LogP contribution >= 0.6 is 7.82 Å². The van der Waals surface area contributed by atoms with Crippen LogP contribution in [0.3, 0.4) is 0 Å². The third-order valence-electron chi connectivity index (χ3n) is 14.6. The fraction of sp³-hybridized carbons (Fsp3) is 0.864. The maximum absolute atomic E-state index is 13.0. The summed E-state index contributed by atoms with van der Waals surface area (Å²) in [4.78, 5) is 112. The van der Waals surface area contributed by atoms with Crippen LogP contribution in [-0.2, 0) is 70.9 Å². The zero-order valence-corrected chi connectivity index (χ0v) is 52.9. The minimum atomic E-state index is -4.80. The number of phosphoric acid groups is 1. The number of nitrogens with one attached hydrogen (secondary N) is 5. The van der Waals surface area contributed by atoms with Gasteiger partial charge in [-0.15, -0.1) is 0 Å². The van der Waals surface area contributed by atoms with Crippen molar-refractivity contribution in [1.82, 2.24) is 26.6 Å². The summed E-state index contributed by atoms with van der Waals surface area (Å²) in [7, 11) is -4.80. The Kier molecular flexibility index (Phi) is 44.2. The van der Waals surface area contributed by atoms with E-state index in [1.165, 1.54) is 130 Å². The molecule has 25 nitrogen and oxygen atoms in total. The van der Waals surface area contributed by atoms with Crippen LogP contribution in [0.25, 0.3) is 0 Å². The van der Waals surface area contributed by atoms with Gasteiger partial charge in [-0.3, -0.25) is 47.4 Å². The summed E-state index contributed by atoms with van der Waals surface area (Å²) in [6.07, 6.45) is 20.8. The van der Waals surface area contributed by atoms with Gasteiger partial charge in [0.2, 0.25) is 35.4 Å². The van der Waals surface area contributed by atoms with Gasteiger partial charge in [0, 0.05) is 32.7 Å². The molecule has 1 fully saturated rings. The number of aliphatic hydroxyl groups excluding tert-OH is 3. The molecule has 1 saturated heterocycles. The molecule has 26 heteroatoms. The number of hydrogen-bond acceptors (Lipinski definition) is 18. The lowest BCUT2D eigenvalue weighted by Crippen LogP contribution is -2.65. The molecule has 0 saturated carbocycles. The van der Waals surface area contributed by atoms with Gasteiger partial charge in [0.15, 0.2) is 12.4 Å². The molecule has 0 aromatic heterocycles. The average molecular weight is 1240 g/mol. The van der Waals surface area contributed by atoms with Gasteiger partial charge in [0.05, 0.1) is 19.8 Å². The first-order chi connectivity index (χ1) is 40.5. The molecule has 85 heavy (non-hydrogen) atoms. The van der Waals surface area contributed by atoms with Crippen molar-refractivity contribution in [2.75, 3.05) is 33.0 Å². The van der Waals surface area contributed by atoms with E-state index in [9.17, 15) is 63.1 Å². The van der Waals surface area contributed by atoms with Crippen molar-refractivity contribution in [3.05, 3.63) is 0 Å². The monoisotopic (exact) mass is 1240 g/mol. The molecule has 0 bridgehead atoms. The van der Waals surface area contributed by atoms with Crippen molar-refractivity contribution < 1.29 is 91.1 Å². The highest BCUT2D eigenvalue weighted by molar-refractivity contribution is 7.47. The van der Waals surface area contributed by atoms with Crippen molar-refractivity contribution in [1.29, 1.82) is 0 Å². The molecule has 0 aliphatic carbocycles. The van der Waals surface area contributed by atoms with E-state index in [1.54, 1.807) is 0 Å². The van der Waals surface area contributed by atoms with Crippen molar-refractivity contribution in [3.63, 3.8) is 0 Å². The summed E-state index contributed by atoms with van der Waals surface area (Å²) < 4.78 is 44.8. The average Bonchev–Trinajstić information content (AvgIpc) is 2.45. The first kappa shape index (κ1) is 78.7. The summed E-state index contributed by atoms with van der Waals surface area (Å²) in [5, 5.41) is 42.6. The van der Waals surface area contributed by atoms with Crippen LogP contribution in [0.1, 0.15) is 234 Å². The van der Waals surface area contributed by atoms with Gasteiger partial charge < -0.3 is 71.5 Å². The van der Waals surface area contributed by atoms with Gasteiger partial charge in [-0.25, -0.2) is 4.57 Å². The van der Waals surface area contributed by atoms with E-state index in [4.69, 9.17) is 33.7 Å². The van der Waals surface area contributed by atoms with E-state index < -0.39 is 149 Å². The summed E-state index contributed by atoms with van der Waals surface area (Å²) in [6.45, 7) is 6.89. The lowest BCUT2D eigenvalue weighted by Gasteiger charge is -2.43. The summed E-state index contributed by atoms with van der Waals surface area (Å²) in [6, 6.07) is -5.19. The first-order valence-corrected chi connectivity index (χ1v) is 33.0. The number of phosphoric ester groups is 1. The minimum Gasteiger partial charge on any atom is -0.462 e. The number of nitrogens with two attached hydrogens (primary N) is 1. The fourth-order valence-electron chi connectivity index (χ4n) is 9.46. The van der Waals surface area contributed by atoms with Crippen LogP contribution in [0.15, 0.2) is 0 Å². The summed E-state index contributed by atoms with van der Waals surface area (Å²) in [5.74, 6) is -5.88. The molecule has 0 spiro atoms. The number of ether oxygens (including phenoxy) is 4. The van der Waals surface area contributed by atoms with Crippen molar-refractivity contribution in [3.8, 4) is 0 Å². The zero-order valence-electron chi connectivity index (χ0n) is 52.0. The van der Waals surface area contributed by atoms with Gasteiger partial charge in [-0.05, 0) is 40.0 Å². The Morgan fingerprint density at radius 1 is 0.612 bits per heavy atom. The minimum absolute atomic E-state index is 0.110. The molecule has 1 rings (SSSR count). The molecular formula is C59H109N6O19P. The Hall–Kier alpha value is -4.33. The number of rotatable bonds is 52. The van der Waals surface area contributed by atoms with Crippen molar-refractivity contribution in [2.45, 2.75) is 295 Å². The number of amides is 6. The van der Waals surface area contributed by atoms with Crippen LogP contribution in [0.2, 0.25) is 0 Å². The quantitative estimate of drug-likeness (QED) is 0.0196. The lowest BCUT2D eigenvalue weighted by atomic mass is 9.96. The lowest BCUT2D eigenvalue weighted by molar-refractivity contribution is -0.266. The van der Waals surface area contributed by atoms with E-state index in [2.05, 4.69) is 40.4 Å². The van der Waals surface area contributed by atoms with Crippen LogP contribution < -0.4 is 32.3 Å². The van der Waals surface area contributed by atoms with E-state index in [-0.39, 0.29) is 25.8 Å². The van der Waals surface area contributed by atoms with E-state index in [1.807, 2.05) is 0 Å². The highest BCUT2D eigenvalue weighted by Gasteiger charge is 2.47. The SMILES string of the molecule is CCCCCCCCCCCCCCCC(=O)OC[C@H](COP(=O)(O)OCCNC(=O)[C@H](C)NC(=O)CC[C@@H](NC(=O)[C@H](C)NC(=O)[C@H](C)O[C@H]1[C@H](O)[C@@H](CO)O[C@H](O)[C@@H]1NC(C)=O)C(N)=O)OC(=O)CCCCCCCCCCCCCCC. The molecule has 1 heterocycles. The second-order valence-electron chi connectivity index (χ2n) is 22.4. The number of primary amides is 1. The molecule has 11 N–H and O–H groups in total. The Bertz CT molecular complexity index is 1960. The second kappa shape index (κ2) is 47.7. The fourth-order valence-corrected chi connectivity index (χ4v) is 10.2. The Labute approximate surface area is 505 Å². The standard InChI is InChI=1S/C59H109N6O19P/c1-7-9-11-13-15-17-19-21-23-25-27-29-31-33-50(69)79-40-46(83-51(70)34-32-30-28-26-24-22-20-18-16-14-12-10-8-2)41-81-85(77,78)80-38-37-61-56(73)42(3)62-49(68)36-35-47(55(60)72)65-57(74)43(4)63-58(75)44(5)82-54-52(64-45(6)67)59(76)84-48(39-66)53(54)71/h42-44,46-48,52-54,59,66,71,76H,7-41H2,1-6H3,(H2,60,72)(H,61,73)(H,62,68)(H,63,75)(H,64,67)(H,65,74)(H,77,78)/t42-,43-,44-,46+,47+,48+,52+,53+,54+,59-/m0/s1. The molecule has 1 aliphatic rings. The van der Waals surface area contributed by atoms with Crippen LogP contribution in [0, 0.1) is 0 Å². The normalized spacial score (nSPS) is 19.2. The van der Waals surface area contributed by atoms with Crippen LogP contribution in [0.4, 0.5) is 0 Å². The van der Waals surface area contributed by atoms with Gasteiger partial charge >= 0.3 is 19.8 Å². The molecular weight excluding hydrogens is 1130 g/mol. The largest absolute Gasteiger partial charge is 0.472 e. The van der Waals surface area contributed by atoms with Crippen LogP contribution in [-0.4, -0.2) is 162 Å². The highest BCUT2D eigenvalue weighted by Crippen LogP contribution is 2.43. The van der Waals surface area contributed by atoms with Crippen molar-refractivity contribution >= 4 is 55.2 Å². The predicted molar refractivity (Wildman–Crippen MR) is 318 cm³/mol. The van der Waals surface area contributed by atoms with Crippen LogP contribution in [0.5, 0.6) is 0 Å². The Morgan fingerprint density at radius 2 is 1.09 bits per heavy atom. The smallest absolute Gasteiger partial charge is 0.462 e. The number of unbranched alkanes of at least 4 members (excludes halogenated alkanes) is 24. The number of hydrogen-bond donors (Lipinski definition) is 10. The van der Waals surface area contributed by atoms with Gasteiger partial charge in [-0.1, -0.05) is 168 Å². The molecule has 11 atom stereocenters. The third kappa shape index (κ3) is 38.5. The maximum atomic E-state index is 13.0. The molecule has 494 valence electrons. The summed E-state index contributed by atoms with van der Waals surface area (Å²) in [5.41, 5.74) is 5.49. The van der Waals surface area contributed by atoms with E-state index in [0.717, 1.165) is 51.9 Å². The third-order valence-corrected chi connectivity index (χ3v) is 15.6. The number of aliphatic hydroxyl groups is 3. The first-order valence-electron chi connectivity index (χ1n) is 31.5. The molecule has 0 radical (unpaired) electrons. The highest BCUT2D eigenvalue weighted by atomic mass is 31.2. The Morgan fingerprint density at radius 3 is 1.58 bits per heavy atom. The molecule has 1 aliphatic heterocycles. The van der Waals surface area contributed by atoms with Gasteiger partial charge in [-0.2, -0.15) is 0 Å². The Balaban J connectivity index is 2.62. The number of carbonyl (C=O) groups excluding carboxylic acids is 8. The number of carbonyl (C=O) groups is 8. The predicted octanol–water partition coefficient (Wildman–Crippen LogP) is 5.76. The van der Waals surface area contributed by atoms with Gasteiger partial charge in [0.25, 0.3) is 0 Å². The molecule has 0 aromatic carbocycles. The summed E-state index contributed by atoms with van der Waals surface area (Å²) >= 11 is 0. The number of esters is 2. The van der Waals surface area contributed by atoms with Crippen molar-refractivity contribution in [2.24, 2.45) is 5.73 Å². The molecule has 6 amide bonds. The van der Waals surface area contributed by atoms with E-state index in [0.29, 0.717) is 12.8 Å². The zero-order chi connectivity index (χ0) is 63.4. The topological polar surface area (TPSA) is 376 Å². The van der Waals surface area contributed by atoms with Gasteiger partial charge in [0.1, 0.15) is 55.2 Å². The van der Waals surface area contributed by atoms with E-state index >= 15 is 0 Å². The molecule has 0 aromatic rings. The second-order valence-corrected chi connectivity index (χ2v) is 23.9. The molecule has 1 unspecified atom stereocenters. The maximum Gasteiger partial charge on any atom is 0.472 e.